The molecule has 0 spiro atoms. The average molecular weight is 1090 g/mol. The molecular weight excluding hydrogens is 979 g/mol. The van der Waals surface area contributed by atoms with Gasteiger partial charge in [-0.05, 0) is 96.3 Å². The summed E-state index contributed by atoms with van der Waals surface area (Å²) in [5.41, 5.74) is 0. The predicted octanol–water partition coefficient (Wildman–Crippen LogP) is 14.9. The Kier molecular flexibility index (Phi) is 50.0. The van der Waals surface area contributed by atoms with E-state index in [0.29, 0.717) is 19.3 Å². The Labute approximate surface area is 475 Å². The maximum Gasteiger partial charge on any atom is 0.306 e. The van der Waals surface area contributed by atoms with Gasteiger partial charge in [-0.15, -0.1) is 0 Å². The number of hydrogen-bond acceptors (Lipinski definition) is 10. The van der Waals surface area contributed by atoms with E-state index in [9.17, 15) is 35.1 Å². The second kappa shape index (κ2) is 53.9. The number of ether oxygens (including phenoxy) is 3. The summed E-state index contributed by atoms with van der Waals surface area (Å²) in [5.74, 6) is -1.29. The van der Waals surface area contributed by atoms with Crippen molar-refractivity contribution >= 4 is 11.9 Å². The van der Waals surface area contributed by atoms with Crippen molar-refractivity contribution in [2.24, 2.45) is 0 Å². The van der Waals surface area contributed by atoms with E-state index in [2.05, 4.69) is 111 Å². The number of aliphatic hydroxyl groups is 5. The van der Waals surface area contributed by atoms with Crippen LogP contribution in [0.15, 0.2) is 109 Å². The molecule has 1 aliphatic rings. The lowest BCUT2D eigenvalue weighted by Gasteiger charge is -2.41. The number of carbonyl (C=O) groups excluding carboxylic acids is 2. The van der Waals surface area contributed by atoms with Gasteiger partial charge in [0.05, 0.1) is 25.4 Å². The number of aliphatic hydroxyl groups excluding tert-OH is 5. The molecule has 446 valence electrons. The molecule has 11 heteroatoms. The number of nitrogens with one attached hydrogen (secondary N) is 1. The van der Waals surface area contributed by atoms with E-state index >= 15 is 0 Å². The largest absolute Gasteiger partial charge is 0.454 e. The summed E-state index contributed by atoms with van der Waals surface area (Å²) in [4.78, 5) is 26.5. The normalized spacial score (nSPS) is 19.7. The van der Waals surface area contributed by atoms with Crippen LogP contribution >= 0.6 is 0 Å². The smallest absolute Gasteiger partial charge is 0.306 e. The number of rotatable bonds is 51. The molecule has 0 saturated carbocycles. The van der Waals surface area contributed by atoms with Crippen LogP contribution in [0.5, 0.6) is 0 Å². The molecule has 0 radical (unpaired) electrons. The fourth-order valence-corrected chi connectivity index (χ4v) is 9.00. The van der Waals surface area contributed by atoms with Crippen molar-refractivity contribution in [1.29, 1.82) is 0 Å². The molecule has 0 bridgehead atoms. The minimum Gasteiger partial charge on any atom is -0.454 e. The fraction of sp³-hybridized carbons (Fsp3) is 0.701. The van der Waals surface area contributed by atoms with Gasteiger partial charge in [-0.2, -0.15) is 0 Å². The van der Waals surface area contributed by atoms with Gasteiger partial charge < -0.3 is 45.1 Å². The van der Waals surface area contributed by atoms with Crippen molar-refractivity contribution in [3.05, 3.63) is 109 Å². The highest BCUT2D eigenvalue weighted by molar-refractivity contribution is 5.80. The van der Waals surface area contributed by atoms with Crippen molar-refractivity contribution in [3.63, 3.8) is 0 Å². The van der Waals surface area contributed by atoms with Crippen LogP contribution in [0.1, 0.15) is 239 Å². The van der Waals surface area contributed by atoms with Crippen molar-refractivity contribution in [2.75, 3.05) is 13.2 Å². The second-order valence-electron chi connectivity index (χ2n) is 21.0. The van der Waals surface area contributed by atoms with Crippen LogP contribution in [-0.2, 0) is 23.8 Å². The average Bonchev–Trinajstić information content (AvgIpc) is 3.45. The Morgan fingerprint density at radius 1 is 0.513 bits per heavy atom. The monoisotopic (exact) mass is 1090 g/mol. The zero-order valence-corrected chi connectivity index (χ0v) is 49.2. The third-order valence-corrected chi connectivity index (χ3v) is 13.9. The molecule has 0 aliphatic carbocycles. The maximum atomic E-state index is 13.4. The van der Waals surface area contributed by atoms with Crippen LogP contribution in [-0.4, -0.2) is 99.6 Å². The molecular formula is C67H113NO10. The third kappa shape index (κ3) is 41.3. The molecule has 11 nitrogen and oxygen atoms in total. The summed E-state index contributed by atoms with van der Waals surface area (Å²) in [6, 6.07) is -1.05. The SMILES string of the molecule is CC/C=C\C/C=C\C/C=C\C/C=C\C/C=C\C/C=C\CCC(=O)OC1C(OCC(NC(=O)C(O)CCCCCCCCCC/C=C\C/C=C\CCCCC)C(O)/C=C/CCCCCCCCCCCC)OC(CO)C(O)C1O. The van der Waals surface area contributed by atoms with Crippen molar-refractivity contribution < 1.29 is 49.3 Å². The number of carbonyl (C=O) groups is 2. The summed E-state index contributed by atoms with van der Waals surface area (Å²) in [7, 11) is 0. The molecule has 1 saturated heterocycles. The maximum absolute atomic E-state index is 13.4. The summed E-state index contributed by atoms with van der Waals surface area (Å²) in [6.07, 6.45) is 62.7. The molecule has 1 fully saturated rings. The van der Waals surface area contributed by atoms with E-state index in [0.717, 1.165) is 89.9 Å². The zero-order valence-electron chi connectivity index (χ0n) is 49.2. The van der Waals surface area contributed by atoms with Gasteiger partial charge in [-0.1, -0.05) is 246 Å². The third-order valence-electron chi connectivity index (χ3n) is 13.9. The quantitative estimate of drug-likeness (QED) is 0.0195. The molecule has 0 aromatic rings. The Morgan fingerprint density at radius 3 is 1.41 bits per heavy atom. The number of unbranched alkanes of at least 4 members (excludes halogenated alkanes) is 21. The zero-order chi connectivity index (χ0) is 56.8. The van der Waals surface area contributed by atoms with Gasteiger partial charge in [0, 0.05) is 6.42 Å². The Hall–Kier alpha value is -3.68. The summed E-state index contributed by atoms with van der Waals surface area (Å²) < 4.78 is 17.5. The van der Waals surface area contributed by atoms with Crippen molar-refractivity contribution in [3.8, 4) is 0 Å². The number of hydrogen-bond donors (Lipinski definition) is 6. The van der Waals surface area contributed by atoms with Crippen molar-refractivity contribution in [1.82, 2.24) is 5.32 Å². The van der Waals surface area contributed by atoms with Crippen LogP contribution in [0.2, 0.25) is 0 Å². The first-order chi connectivity index (χ1) is 38.2. The van der Waals surface area contributed by atoms with Crippen molar-refractivity contribution in [2.45, 2.75) is 288 Å². The summed E-state index contributed by atoms with van der Waals surface area (Å²) in [5, 5.41) is 57.0. The molecule has 1 rings (SSSR count). The molecule has 8 atom stereocenters. The van der Waals surface area contributed by atoms with Gasteiger partial charge in [0.15, 0.2) is 12.4 Å². The van der Waals surface area contributed by atoms with E-state index in [1.165, 1.54) is 96.3 Å². The van der Waals surface area contributed by atoms with Gasteiger partial charge >= 0.3 is 5.97 Å². The highest BCUT2D eigenvalue weighted by Crippen LogP contribution is 2.26. The molecule has 1 aliphatic heterocycles. The van der Waals surface area contributed by atoms with E-state index in [4.69, 9.17) is 14.2 Å². The lowest BCUT2D eigenvalue weighted by atomic mass is 9.99. The molecule has 1 amide bonds. The number of esters is 1. The molecule has 0 aromatic heterocycles. The van der Waals surface area contributed by atoms with Gasteiger partial charge in [0.25, 0.3) is 0 Å². The van der Waals surface area contributed by atoms with Crippen LogP contribution < -0.4 is 5.32 Å². The molecule has 78 heavy (non-hydrogen) atoms. The first-order valence-corrected chi connectivity index (χ1v) is 31.2. The highest BCUT2D eigenvalue weighted by atomic mass is 16.7. The Balaban J connectivity index is 2.73. The number of allylic oxidation sites excluding steroid dienone is 17. The minimum absolute atomic E-state index is 0.00726. The van der Waals surface area contributed by atoms with E-state index in [1.807, 2.05) is 18.2 Å². The van der Waals surface area contributed by atoms with Gasteiger partial charge in [0.1, 0.15) is 24.4 Å². The summed E-state index contributed by atoms with van der Waals surface area (Å²) in [6.45, 7) is 5.60. The van der Waals surface area contributed by atoms with Gasteiger partial charge in [0.2, 0.25) is 5.91 Å². The Morgan fingerprint density at radius 2 is 0.923 bits per heavy atom. The van der Waals surface area contributed by atoms with Crippen LogP contribution in [0.25, 0.3) is 0 Å². The first kappa shape index (κ1) is 72.3. The van der Waals surface area contributed by atoms with E-state index in [1.54, 1.807) is 6.08 Å². The first-order valence-electron chi connectivity index (χ1n) is 31.2. The lowest BCUT2D eigenvalue weighted by Crippen LogP contribution is -2.61. The van der Waals surface area contributed by atoms with E-state index in [-0.39, 0.29) is 19.4 Å². The van der Waals surface area contributed by atoms with Crippen LogP contribution in [0.3, 0.4) is 0 Å². The standard InChI is InChI=1S/C67H113NO10/c1-4-7-10-13-16-19-22-25-27-29-31-33-35-37-40-43-46-49-52-55-62(72)78-65-64(74)63(73)61(56-69)77-67(65)76-57-58(59(70)53-50-47-44-41-38-24-21-18-15-12-9-6-3)68-66(75)60(71)54-51-48-45-42-39-36-34-32-30-28-26-23-20-17-14-11-8-5-2/h7,10,16-17,19-20,25-28,31,33,37,40,46,49-50,53,58-61,63-65,67,69-71,73-74H,4-6,8-9,11-15,18,21-24,29-30,32,34-36,38-39,41-45,47-48,51-52,54-57H2,1-3H3,(H,68,75)/b10-7-,19-16-,20-17-,27-25-,28-26-,33-31-,40-37-,49-46-,53-50+. The van der Waals surface area contributed by atoms with Crippen LogP contribution in [0.4, 0.5) is 0 Å². The Bertz CT molecular complexity index is 1680. The van der Waals surface area contributed by atoms with E-state index < -0.39 is 67.4 Å². The fourth-order valence-electron chi connectivity index (χ4n) is 9.00. The second-order valence-corrected chi connectivity index (χ2v) is 21.0. The molecule has 8 unspecified atom stereocenters. The van der Waals surface area contributed by atoms with Gasteiger partial charge in [-0.3, -0.25) is 9.59 Å². The number of amides is 1. The summed E-state index contributed by atoms with van der Waals surface area (Å²) >= 11 is 0. The molecule has 0 aromatic carbocycles. The highest BCUT2D eigenvalue weighted by Gasteiger charge is 2.47. The lowest BCUT2D eigenvalue weighted by molar-refractivity contribution is -0.305. The minimum atomic E-state index is -1.65. The van der Waals surface area contributed by atoms with Crippen LogP contribution in [0, 0.1) is 0 Å². The van der Waals surface area contributed by atoms with Gasteiger partial charge in [-0.25, -0.2) is 0 Å². The molecule has 1 heterocycles. The predicted molar refractivity (Wildman–Crippen MR) is 324 cm³/mol. The topological polar surface area (TPSA) is 175 Å². The molecule has 6 N–H and O–H groups in total.